The van der Waals surface area contributed by atoms with Gasteiger partial charge in [0.2, 0.25) is 0 Å². The van der Waals surface area contributed by atoms with E-state index in [0.717, 1.165) is 5.92 Å². The molecule has 1 aliphatic rings. The van der Waals surface area contributed by atoms with Gasteiger partial charge in [-0.15, -0.1) is 12.4 Å². The molecule has 62 valence electrons. The minimum Gasteiger partial charge on any atom is -0.312 e. The molecule has 0 aromatic rings. The molecule has 0 radical (unpaired) electrons. The average molecular weight is 164 g/mol. The van der Waals surface area contributed by atoms with E-state index in [1.54, 1.807) is 0 Å². The van der Waals surface area contributed by atoms with Crippen LogP contribution in [-0.4, -0.2) is 12.1 Å². The highest BCUT2D eigenvalue weighted by molar-refractivity contribution is 5.85. The molecule has 1 atom stereocenters. The van der Waals surface area contributed by atoms with Gasteiger partial charge in [0.15, 0.2) is 0 Å². The molecule has 1 unspecified atom stereocenters. The van der Waals surface area contributed by atoms with Gasteiger partial charge in [0.1, 0.15) is 0 Å². The number of piperidine rings is 1. The highest BCUT2D eigenvalue weighted by Crippen LogP contribution is 2.22. The Labute approximate surface area is 70.0 Å². The Balaban J connectivity index is 0.000000810. The summed E-state index contributed by atoms with van der Waals surface area (Å²) in [7, 11) is 0. The van der Waals surface area contributed by atoms with Crippen LogP contribution in [0.1, 0.15) is 33.6 Å². The van der Waals surface area contributed by atoms with Crippen LogP contribution in [0.3, 0.4) is 0 Å². The van der Waals surface area contributed by atoms with Crippen molar-refractivity contribution in [3.05, 3.63) is 0 Å². The smallest absolute Gasteiger partial charge is 0.0127 e. The first-order valence-electron chi connectivity index (χ1n) is 3.85. The van der Waals surface area contributed by atoms with E-state index < -0.39 is 0 Å². The Morgan fingerprint density at radius 3 is 2.30 bits per heavy atom. The van der Waals surface area contributed by atoms with Crippen molar-refractivity contribution < 1.29 is 0 Å². The summed E-state index contributed by atoms with van der Waals surface area (Å²) in [6.45, 7) is 8.10. The molecule has 1 fully saturated rings. The van der Waals surface area contributed by atoms with Crippen molar-refractivity contribution >= 4 is 12.4 Å². The van der Waals surface area contributed by atoms with Gasteiger partial charge in [-0.05, 0) is 39.2 Å². The first-order valence-corrected chi connectivity index (χ1v) is 3.85. The topological polar surface area (TPSA) is 12.0 Å². The maximum Gasteiger partial charge on any atom is 0.0127 e. The molecule has 2 heteroatoms. The lowest BCUT2D eigenvalue weighted by Crippen LogP contribution is -2.45. The van der Waals surface area contributed by atoms with Crippen LogP contribution in [0.2, 0.25) is 0 Å². The third-order valence-corrected chi connectivity index (χ3v) is 2.10. The van der Waals surface area contributed by atoms with E-state index in [2.05, 4.69) is 26.1 Å². The number of hydrogen-bond donors (Lipinski definition) is 1. The summed E-state index contributed by atoms with van der Waals surface area (Å²) in [5.41, 5.74) is 0.400. The summed E-state index contributed by atoms with van der Waals surface area (Å²) >= 11 is 0. The molecule has 1 nitrogen and oxygen atoms in total. The zero-order valence-electron chi connectivity index (χ0n) is 7.11. The lowest BCUT2D eigenvalue weighted by atomic mass is 9.86. The van der Waals surface area contributed by atoms with Gasteiger partial charge in [0, 0.05) is 5.54 Å². The van der Waals surface area contributed by atoms with Crippen LogP contribution in [0.15, 0.2) is 0 Å². The van der Waals surface area contributed by atoms with Crippen molar-refractivity contribution in [3.8, 4) is 0 Å². The fourth-order valence-corrected chi connectivity index (χ4v) is 1.70. The van der Waals surface area contributed by atoms with Crippen molar-refractivity contribution in [1.82, 2.24) is 5.32 Å². The summed E-state index contributed by atoms with van der Waals surface area (Å²) in [4.78, 5) is 0. The number of hydrogen-bond acceptors (Lipinski definition) is 1. The Kier molecular flexibility index (Phi) is 3.68. The highest BCUT2D eigenvalue weighted by Gasteiger charge is 2.24. The summed E-state index contributed by atoms with van der Waals surface area (Å²) < 4.78 is 0. The van der Waals surface area contributed by atoms with Gasteiger partial charge in [-0.3, -0.25) is 0 Å². The lowest BCUT2D eigenvalue weighted by molar-refractivity contribution is 0.243. The van der Waals surface area contributed by atoms with Crippen molar-refractivity contribution in [2.45, 2.75) is 39.2 Å². The van der Waals surface area contributed by atoms with Gasteiger partial charge in [-0.1, -0.05) is 6.92 Å². The summed E-state index contributed by atoms with van der Waals surface area (Å²) in [6.07, 6.45) is 2.68. The SMILES string of the molecule is CC1CCNC(C)(C)C1.Cl. The van der Waals surface area contributed by atoms with Gasteiger partial charge in [0.25, 0.3) is 0 Å². The molecule has 0 aromatic heterocycles. The maximum atomic E-state index is 3.49. The fraction of sp³-hybridized carbons (Fsp3) is 1.00. The van der Waals surface area contributed by atoms with E-state index >= 15 is 0 Å². The molecule has 1 heterocycles. The third kappa shape index (κ3) is 2.89. The molecule has 1 rings (SSSR count). The predicted molar refractivity (Wildman–Crippen MR) is 47.7 cm³/mol. The predicted octanol–water partition coefficient (Wildman–Crippen LogP) is 2.21. The van der Waals surface area contributed by atoms with E-state index in [4.69, 9.17) is 0 Å². The van der Waals surface area contributed by atoms with Crippen LogP contribution >= 0.6 is 12.4 Å². The van der Waals surface area contributed by atoms with Gasteiger partial charge < -0.3 is 5.32 Å². The lowest BCUT2D eigenvalue weighted by Gasteiger charge is -2.34. The zero-order chi connectivity index (χ0) is 6.91. The van der Waals surface area contributed by atoms with Gasteiger partial charge in [-0.2, -0.15) is 0 Å². The van der Waals surface area contributed by atoms with Crippen molar-refractivity contribution in [1.29, 1.82) is 0 Å². The fourth-order valence-electron chi connectivity index (χ4n) is 1.70. The van der Waals surface area contributed by atoms with E-state index in [1.165, 1.54) is 19.4 Å². The molecule has 0 spiro atoms. The van der Waals surface area contributed by atoms with Crippen molar-refractivity contribution in [2.24, 2.45) is 5.92 Å². The van der Waals surface area contributed by atoms with Crippen molar-refractivity contribution in [2.75, 3.05) is 6.54 Å². The van der Waals surface area contributed by atoms with Crippen LogP contribution in [-0.2, 0) is 0 Å². The van der Waals surface area contributed by atoms with Gasteiger partial charge in [-0.25, -0.2) is 0 Å². The van der Waals surface area contributed by atoms with Crippen LogP contribution in [0.4, 0.5) is 0 Å². The summed E-state index contributed by atoms with van der Waals surface area (Å²) in [6, 6.07) is 0. The van der Waals surface area contributed by atoms with E-state index in [9.17, 15) is 0 Å². The van der Waals surface area contributed by atoms with Crippen LogP contribution in [0.25, 0.3) is 0 Å². The molecule has 0 amide bonds. The minimum atomic E-state index is 0. The molecule has 0 saturated carbocycles. The van der Waals surface area contributed by atoms with E-state index in [0.29, 0.717) is 5.54 Å². The maximum absolute atomic E-state index is 3.49. The zero-order valence-corrected chi connectivity index (χ0v) is 7.92. The summed E-state index contributed by atoms with van der Waals surface area (Å²) in [5.74, 6) is 0.918. The van der Waals surface area contributed by atoms with Crippen LogP contribution in [0, 0.1) is 5.92 Å². The number of nitrogens with one attached hydrogen (secondary N) is 1. The van der Waals surface area contributed by atoms with Crippen LogP contribution < -0.4 is 5.32 Å². The van der Waals surface area contributed by atoms with Gasteiger partial charge in [0.05, 0.1) is 0 Å². The van der Waals surface area contributed by atoms with E-state index in [1.807, 2.05) is 0 Å². The van der Waals surface area contributed by atoms with E-state index in [-0.39, 0.29) is 12.4 Å². The second-order valence-electron chi connectivity index (χ2n) is 3.91. The first kappa shape index (κ1) is 10.2. The Bertz CT molecular complexity index is 101. The quantitative estimate of drug-likeness (QED) is 0.578. The first-order chi connectivity index (χ1) is 4.10. The highest BCUT2D eigenvalue weighted by atomic mass is 35.5. The minimum absolute atomic E-state index is 0. The molecular weight excluding hydrogens is 146 g/mol. The largest absolute Gasteiger partial charge is 0.312 e. The molecule has 0 aliphatic carbocycles. The molecular formula is C8H18ClN. The molecule has 10 heavy (non-hydrogen) atoms. The Morgan fingerprint density at radius 2 is 2.00 bits per heavy atom. The second kappa shape index (κ2) is 3.59. The third-order valence-electron chi connectivity index (χ3n) is 2.10. The Morgan fingerprint density at radius 1 is 1.40 bits per heavy atom. The molecule has 1 N–H and O–H groups in total. The summed E-state index contributed by atoms with van der Waals surface area (Å²) in [5, 5.41) is 3.49. The standard InChI is InChI=1S/C8H17N.ClH/c1-7-4-5-9-8(2,3)6-7;/h7,9H,4-6H2,1-3H3;1H. The molecule has 0 aromatic carbocycles. The molecule has 1 aliphatic heterocycles. The molecule has 0 bridgehead atoms. The normalized spacial score (nSPS) is 30.9. The second-order valence-corrected chi connectivity index (χ2v) is 3.91. The van der Waals surface area contributed by atoms with Crippen LogP contribution in [0.5, 0.6) is 0 Å². The number of rotatable bonds is 0. The monoisotopic (exact) mass is 163 g/mol. The molecule has 1 saturated heterocycles. The number of halogens is 1. The average Bonchev–Trinajstić information content (AvgIpc) is 1.60. The van der Waals surface area contributed by atoms with Crippen molar-refractivity contribution in [3.63, 3.8) is 0 Å². The van der Waals surface area contributed by atoms with Gasteiger partial charge >= 0.3 is 0 Å². The Hall–Kier alpha value is 0.250.